The molecule has 1 aliphatic rings. The first-order chi connectivity index (χ1) is 10.8. The number of hydrogen-bond donors (Lipinski definition) is 2. The van der Waals surface area contributed by atoms with Crippen molar-refractivity contribution in [3.8, 4) is 0 Å². The molecular weight excluding hydrogens is 316 g/mol. The van der Waals surface area contributed by atoms with E-state index in [0.717, 1.165) is 43.2 Å². The summed E-state index contributed by atoms with van der Waals surface area (Å²) in [5.74, 6) is 0.450. The second kappa shape index (κ2) is 7.36. The van der Waals surface area contributed by atoms with Gasteiger partial charge in [-0.05, 0) is 59.3 Å². The molecule has 0 unspecified atom stereocenters. The summed E-state index contributed by atoms with van der Waals surface area (Å²) >= 11 is 7.89. The van der Waals surface area contributed by atoms with E-state index in [4.69, 9.17) is 11.6 Å². The van der Waals surface area contributed by atoms with Crippen molar-refractivity contribution in [2.45, 2.75) is 19.4 Å². The Hall–Kier alpha value is -1.23. The number of rotatable bonds is 5. The molecule has 0 bridgehead atoms. The molecule has 1 aliphatic heterocycles. The van der Waals surface area contributed by atoms with Gasteiger partial charge in [-0.1, -0.05) is 11.6 Å². The molecule has 2 aromatic rings. The lowest BCUT2D eigenvalue weighted by molar-refractivity contribution is 0.203. The second-order valence-corrected chi connectivity index (χ2v) is 6.98. The van der Waals surface area contributed by atoms with Crippen molar-refractivity contribution < 1.29 is 5.11 Å². The third kappa shape index (κ3) is 3.75. The first-order valence-electron chi connectivity index (χ1n) is 7.66. The summed E-state index contributed by atoms with van der Waals surface area (Å²) < 4.78 is 0. The van der Waals surface area contributed by atoms with Crippen LogP contribution in [0.2, 0.25) is 5.02 Å². The minimum Gasteiger partial charge on any atom is -0.396 e. The van der Waals surface area contributed by atoms with E-state index < -0.39 is 0 Å². The molecule has 2 N–H and O–H groups in total. The fourth-order valence-electron chi connectivity index (χ4n) is 2.87. The lowest BCUT2D eigenvalue weighted by Crippen LogP contribution is -2.35. The van der Waals surface area contributed by atoms with E-state index in [-0.39, 0.29) is 0 Å². The van der Waals surface area contributed by atoms with Gasteiger partial charge in [-0.15, -0.1) is 0 Å². The minimum atomic E-state index is 0.303. The summed E-state index contributed by atoms with van der Waals surface area (Å²) in [4.78, 5) is 2.39. The number of benzene rings is 1. The second-order valence-electron chi connectivity index (χ2n) is 5.76. The fraction of sp³-hybridized carbons (Fsp3) is 0.412. The number of aliphatic hydroxyl groups is 1. The molecule has 0 spiro atoms. The normalized spacial score (nSPS) is 16.0. The Morgan fingerprint density at radius 2 is 2.09 bits per heavy atom. The topological polar surface area (TPSA) is 35.5 Å². The van der Waals surface area contributed by atoms with Crippen LogP contribution in [-0.4, -0.2) is 24.8 Å². The first kappa shape index (κ1) is 15.7. The highest BCUT2D eigenvalue weighted by Crippen LogP contribution is 2.32. The Balaban J connectivity index is 1.73. The molecule has 118 valence electrons. The SMILES string of the molecule is OCC1CCN(c2ccc(Cl)cc2NCc2ccsc2)CC1. The molecule has 2 heterocycles. The van der Waals surface area contributed by atoms with Gasteiger partial charge in [0.1, 0.15) is 0 Å². The predicted molar refractivity (Wildman–Crippen MR) is 95.1 cm³/mol. The molecule has 1 aromatic carbocycles. The van der Waals surface area contributed by atoms with Crippen molar-refractivity contribution in [3.63, 3.8) is 0 Å². The quantitative estimate of drug-likeness (QED) is 0.858. The first-order valence-corrected chi connectivity index (χ1v) is 8.98. The molecule has 0 amide bonds. The zero-order valence-corrected chi connectivity index (χ0v) is 14.0. The Morgan fingerprint density at radius 1 is 1.27 bits per heavy atom. The standard InChI is InChI=1S/C17H21ClN2OS/c18-15-1-2-17(20-6-3-13(11-21)4-7-20)16(9-15)19-10-14-5-8-22-12-14/h1-2,5,8-9,12-13,19,21H,3-4,6-7,10-11H2. The Bertz CT molecular complexity index is 595. The maximum Gasteiger partial charge on any atom is 0.0603 e. The molecule has 1 saturated heterocycles. The van der Waals surface area contributed by atoms with E-state index in [1.165, 1.54) is 11.3 Å². The summed E-state index contributed by atoms with van der Waals surface area (Å²) in [6.07, 6.45) is 2.09. The van der Waals surface area contributed by atoms with Crippen molar-refractivity contribution in [2.75, 3.05) is 29.9 Å². The van der Waals surface area contributed by atoms with E-state index in [1.54, 1.807) is 11.3 Å². The number of hydrogen-bond acceptors (Lipinski definition) is 4. The summed E-state index contributed by atoms with van der Waals surface area (Å²) in [5, 5.41) is 17.8. The zero-order valence-electron chi connectivity index (χ0n) is 12.5. The monoisotopic (exact) mass is 336 g/mol. The molecule has 3 nitrogen and oxygen atoms in total. The summed E-state index contributed by atoms with van der Waals surface area (Å²) in [6, 6.07) is 8.18. The summed E-state index contributed by atoms with van der Waals surface area (Å²) in [6.45, 7) is 3.08. The van der Waals surface area contributed by atoms with Crippen LogP contribution in [0.15, 0.2) is 35.0 Å². The molecule has 22 heavy (non-hydrogen) atoms. The van der Waals surface area contributed by atoms with Gasteiger partial charge in [-0.3, -0.25) is 0 Å². The van der Waals surface area contributed by atoms with Crippen molar-refractivity contribution in [1.29, 1.82) is 0 Å². The van der Waals surface area contributed by atoms with Gasteiger partial charge in [0, 0.05) is 31.3 Å². The van der Waals surface area contributed by atoms with Gasteiger partial charge < -0.3 is 15.3 Å². The fourth-order valence-corrected chi connectivity index (χ4v) is 3.71. The van der Waals surface area contributed by atoms with Gasteiger partial charge in [0.15, 0.2) is 0 Å². The molecular formula is C17H21ClN2OS. The molecule has 1 fully saturated rings. The highest BCUT2D eigenvalue weighted by molar-refractivity contribution is 7.07. The van der Waals surface area contributed by atoms with E-state index >= 15 is 0 Å². The average Bonchev–Trinajstić information content (AvgIpc) is 3.07. The van der Waals surface area contributed by atoms with E-state index in [9.17, 15) is 5.11 Å². The number of anilines is 2. The van der Waals surface area contributed by atoms with Crippen molar-refractivity contribution >= 4 is 34.3 Å². The van der Waals surface area contributed by atoms with E-state index in [2.05, 4.69) is 33.1 Å². The van der Waals surface area contributed by atoms with Gasteiger partial charge in [0.2, 0.25) is 0 Å². The van der Waals surface area contributed by atoms with E-state index in [1.807, 2.05) is 12.1 Å². The third-order valence-electron chi connectivity index (χ3n) is 4.24. The van der Waals surface area contributed by atoms with Crippen LogP contribution in [0.1, 0.15) is 18.4 Å². The summed E-state index contributed by atoms with van der Waals surface area (Å²) in [5.41, 5.74) is 3.58. The molecule has 0 aliphatic carbocycles. The number of nitrogens with one attached hydrogen (secondary N) is 1. The number of thiophene rings is 1. The van der Waals surface area contributed by atoms with Crippen molar-refractivity contribution in [1.82, 2.24) is 0 Å². The number of piperidine rings is 1. The van der Waals surface area contributed by atoms with Gasteiger partial charge in [-0.25, -0.2) is 0 Å². The summed E-state index contributed by atoms with van der Waals surface area (Å²) in [7, 11) is 0. The van der Waals surface area contributed by atoms with Crippen LogP contribution in [0.5, 0.6) is 0 Å². The van der Waals surface area contributed by atoms with Crippen LogP contribution >= 0.6 is 22.9 Å². The van der Waals surface area contributed by atoms with E-state index in [0.29, 0.717) is 12.5 Å². The van der Waals surface area contributed by atoms with Crippen LogP contribution in [0, 0.1) is 5.92 Å². The highest BCUT2D eigenvalue weighted by atomic mass is 35.5. The minimum absolute atomic E-state index is 0.303. The lowest BCUT2D eigenvalue weighted by atomic mass is 9.97. The van der Waals surface area contributed by atoms with Crippen LogP contribution in [0.4, 0.5) is 11.4 Å². The Labute approximate surface area is 140 Å². The highest BCUT2D eigenvalue weighted by Gasteiger charge is 2.20. The Morgan fingerprint density at radius 3 is 2.77 bits per heavy atom. The van der Waals surface area contributed by atoms with Crippen molar-refractivity contribution in [2.24, 2.45) is 5.92 Å². The molecule has 3 rings (SSSR count). The molecule has 5 heteroatoms. The number of aliphatic hydroxyl groups excluding tert-OH is 1. The van der Waals surface area contributed by atoms with Gasteiger partial charge in [0.25, 0.3) is 0 Å². The maximum atomic E-state index is 9.28. The molecule has 0 saturated carbocycles. The van der Waals surface area contributed by atoms with Gasteiger partial charge >= 0.3 is 0 Å². The van der Waals surface area contributed by atoms with Gasteiger partial charge in [-0.2, -0.15) is 11.3 Å². The van der Waals surface area contributed by atoms with Crippen LogP contribution < -0.4 is 10.2 Å². The lowest BCUT2D eigenvalue weighted by Gasteiger charge is -2.34. The van der Waals surface area contributed by atoms with Crippen molar-refractivity contribution in [3.05, 3.63) is 45.6 Å². The zero-order chi connectivity index (χ0) is 15.4. The van der Waals surface area contributed by atoms with Crippen LogP contribution in [0.3, 0.4) is 0 Å². The molecule has 0 radical (unpaired) electrons. The predicted octanol–water partition coefficient (Wildman–Crippen LogP) is 4.22. The smallest absolute Gasteiger partial charge is 0.0603 e. The molecule has 1 aromatic heterocycles. The van der Waals surface area contributed by atoms with Crippen LogP contribution in [0.25, 0.3) is 0 Å². The maximum absolute atomic E-state index is 9.28. The number of halogens is 1. The number of nitrogens with zero attached hydrogens (tertiary/aromatic N) is 1. The Kier molecular flexibility index (Phi) is 5.24. The molecule has 0 atom stereocenters. The average molecular weight is 337 g/mol. The van der Waals surface area contributed by atoms with Gasteiger partial charge in [0.05, 0.1) is 11.4 Å². The van der Waals surface area contributed by atoms with Crippen LogP contribution in [-0.2, 0) is 6.54 Å². The third-order valence-corrected chi connectivity index (χ3v) is 5.20. The largest absolute Gasteiger partial charge is 0.396 e.